The molecule has 0 aliphatic rings. The van der Waals surface area contributed by atoms with Gasteiger partial charge in [0.15, 0.2) is 5.16 Å². The summed E-state index contributed by atoms with van der Waals surface area (Å²) in [5, 5.41) is 1.43. The molecular formula is C10H11N5S. The highest BCUT2D eigenvalue weighted by Crippen LogP contribution is 2.23. The van der Waals surface area contributed by atoms with E-state index in [-0.39, 0.29) is 0 Å². The lowest BCUT2D eigenvalue weighted by molar-refractivity contribution is 0.888. The molecule has 2 heterocycles. The fourth-order valence-corrected chi connectivity index (χ4v) is 1.88. The number of nitrogen functional groups attached to an aromatic ring is 1. The monoisotopic (exact) mass is 233 g/mol. The lowest BCUT2D eigenvalue weighted by Gasteiger charge is -2.02. The standard InChI is InChI=1S/C10H11N5S/c1-2-8-14-7(11)6-9(15-8)16-10-12-4-3-5-13-10/h3-6H,2H2,1H3,(H2,11,14,15). The van der Waals surface area contributed by atoms with E-state index in [1.54, 1.807) is 24.5 Å². The number of rotatable bonds is 3. The number of hydrogen-bond donors (Lipinski definition) is 1. The average Bonchev–Trinajstić information content (AvgIpc) is 2.29. The van der Waals surface area contributed by atoms with E-state index in [2.05, 4.69) is 19.9 Å². The van der Waals surface area contributed by atoms with Gasteiger partial charge >= 0.3 is 0 Å². The molecule has 0 saturated heterocycles. The summed E-state index contributed by atoms with van der Waals surface area (Å²) in [6, 6.07) is 3.50. The first kappa shape index (κ1) is 10.8. The fraction of sp³-hybridized carbons (Fsp3) is 0.200. The zero-order valence-corrected chi connectivity index (χ0v) is 9.61. The van der Waals surface area contributed by atoms with Crippen molar-refractivity contribution in [2.24, 2.45) is 0 Å². The molecule has 0 amide bonds. The smallest absolute Gasteiger partial charge is 0.193 e. The van der Waals surface area contributed by atoms with Crippen LogP contribution in [-0.2, 0) is 6.42 Å². The molecule has 2 aromatic heterocycles. The number of hydrogen-bond acceptors (Lipinski definition) is 6. The lowest BCUT2D eigenvalue weighted by atomic mass is 10.4. The third-order valence-electron chi connectivity index (χ3n) is 1.82. The Balaban J connectivity index is 2.24. The summed E-state index contributed by atoms with van der Waals surface area (Å²) in [7, 11) is 0. The second-order valence-electron chi connectivity index (χ2n) is 3.03. The van der Waals surface area contributed by atoms with E-state index in [1.807, 2.05) is 6.92 Å². The van der Waals surface area contributed by atoms with Gasteiger partial charge in [0.1, 0.15) is 16.7 Å². The Hall–Kier alpha value is -1.69. The minimum Gasteiger partial charge on any atom is -0.384 e. The van der Waals surface area contributed by atoms with Crippen molar-refractivity contribution in [2.75, 3.05) is 5.73 Å². The molecule has 5 nitrogen and oxygen atoms in total. The Morgan fingerprint density at radius 2 is 2.00 bits per heavy atom. The van der Waals surface area contributed by atoms with Gasteiger partial charge in [-0.3, -0.25) is 0 Å². The molecule has 0 fully saturated rings. The average molecular weight is 233 g/mol. The minimum atomic E-state index is 0.477. The van der Waals surface area contributed by atoms with Gasteiger partial charge in [-0.25, -0.2) is 19.9 Å². The molecule has 0 saturated carbocycles. The van der Waals surface area contributed by atoms with Crippen LogP contribution >= 0.6 is 11.8 Å². The fourth-order valence-electron chi connectivity index (χ4n) is 1.13. The van der Waals surface area contributed by atoms with Crippen LogP contribution in [0, 0.1) is 0 Å². The molecule has 82 valence electrons. The number of nitrogens with zero attached hydrogens (tertiary/aromatic N) is 4. The van der Waals surface area contributed by atoms with Crippen LogP contribution in [0.5, 0.6) is 0 Å². The summed E-state index contributed by atoms with van der Waals surface area (Å²) < 4.78 is 0. The van der Waals surface area contributed by atoms with Crippen LogP contribution in [0.15, 0.2) is 34.7 Å². The first-order valence-corrected chi connectivity index (χ1v) is 5.68. The molecule has 0 aliphatic heterocycles. The highest BCUT2D eigenvalue weighted by atomic mass is 32.2. The number of anilines is 1. The van der Waals surface area contributed by atoms with Crippen molar-refractivity contribution in [1.29, 1.82) is 0 Å². The van der Waals surface area contributed by atoms with Gasteiger partial charge in [0.05, 0.1) is 0 Å². The highest BCUT2D eigenvalue weighted by molar-refractivity contribution is 7.99. The number of aryl methyl sites for hydroxylation is 1. The number of aromatic nitrogens is 4. The van der Waals surface area contributed by atoms with Crippen LogP contribution in [0.2, 0.25) is 0 Å². The normalized spacial score (nSPS) is 10.3. The summed E-state index contributed by atoms with van der Waals surface area (Å²) in [4.78, 5) is 16.7. The summed E-state index contributed by atoms with van der Waals surface area (Å²) in [6.07, 6.45) is 4.15. The Morgan fingerprint density at radius 1 is 1.25 bits per heavy atom. The number of nitrogens with two attached hydrogens (primary N) is 1. The first-order chi connectivity index (χ1) is 7.78. The predicted octanol–water partition coefficient (Wildman–Crippen LogP) is 1.56. The van der Waals surface area contributed by atoms with Crippen LogP contribution in [0.25, 0.3) is 0 Å². The molecule has 0 aromatic carbocycles. The molecule has 6 heteroatoms. The second kappa shape index (κ2) is 4.89. The van der Waals surface area contributed by atoms with Gasteiger partial charge in [-0.15, -0.1) is 0 Å². The van der Waals surface area contributed by atoms with E-state index in [0.29, 0.717) is 11.0 Å². The molecule has 2 N–H and O–H groups in total. The van der Waals surface area contributed by atoms with Crippen molar-refractivity contribution in [3.63, 3.8) is 0 Å². The summed E-state index contributed by atoms with van der Waals surface area (Å²) >= 11 is 1.38. The molecule has 0 atom stereocenters. The van der Waals surface area contributed by atoms with Gasteiger partial charge in [0, 0.05) is 24.9 Å². The third kappa shape index (κ3) is 2.66. The summed E-state index contributed by atoms with van der Waals surface area (Å²) in [5.74, 6) is 1.21. The first-order valence-electron chi connectivity index (χ1n) is 4.86. The van der Waals surface area contributed by atoms with E-state index >= 15 is 0 Å². The summed E-state index contributed by atoms with van der Waals surface area (Å²) in [5.41, 5.74) is 5.68. The van der Waals surface area contributed by atoms with Crippen molar-refractivity contribution in [2.45, 2.75) is 23.5 Å². The van der Waals surface area contributed by atoms with Crippen LogP contribution in [0.4, 0.5) is 5.82 Å². The Morgan fingerprint density at radius 3 is 2.69 bits per heavy atom. The van der Waals surface area contributed by atoms with Gasteiger partial charge in [-0.1, -0.05) is 6.92 Å². The van der Waals surface area contributed by atoms with E-state index in [9.17, 15) is 0 Å². The second-order valence-corrected chi connectivity index (χ2v) is 4.02. The maximum atomic E-state index is 5.68. The largest absolute Gasteiger partial charge is 0.384 e. The third-order valence-corrected chi connectivity index (χ3v) is 2.63. The van der Waals surface area contributed by atoms with Gasteiger partial charge in [-0.05, 0) is 17.8 Å². The Kier molecular flexibility index (Phi) is 3.31. The van der Waals surface area contributed by atoms with Crippen LogP contribution in [0.3, 0.4) is 0 Å². The Bertz CT molecular complexity index is 474. The molecule has 0 spiro atoms. The maximum Gasteiger partial charge on any atom is 0.193 e. The zero-order chi connectivity index (χ0) is 11.4. The molecule has 0 unspecified atom stereocenters. The van der Waals surface area contributed by atoms with Gasteiger partial charge in [0.2, 0.25) is 0 Å². The van der Waals surface area contributed by atoms with Gasteiger partial charge in [0.25, 0.3) is 0 Å². The SMILES string of the molecule is CCc1nc(N)cc(Sc2ncccn2)n1. The molecule has 2 aromatic rings. The van der Waals surface area contributed by atoms with Crippen molar-refractivity contribution < 1.29 is 0 Å². The van der Waals surface area contributed by atoms with Gasteiger partial charge in [-0.2, -0.15) is 0 Å². The zero-order valence-electron chi connectivity index (χ0n) is 8.79. The van der Waals surface area contributed by atoms with Gasteiger partial charge < -0.3 is 5.73 Å². The summed E-state index contributed by atoms with van der Waals surface area (Å²) in [6.45, 7) is 1.99. The lowest BCUT2D eigenvalue weighted by Crippen LogP contribution is -1.99. The van der Waals surface area contributed by atoms with Crippen molar-refractivity contribution in [1.82, 2.24) is 19.9 Å². The molecule has 0 radical (unpaired) electrons. The van der Waals surface area contributed by atoms with E-state index in [0.717, 1.165) is 17.3 Å². The van der Waals surface area contributed by atoms with Crippen molar-refractivity contribution in [3.05, 3.63) is 30.4 Å². The molecular weight excluding hydrogens is 222 g/mol. The predicted molar refractivity (Wildman–Crippen MR) is 62.0 cm³/mol. The topological polar surface area (TPSA) is 77.6 Å². The van der Waals surface area contributed by atoms with Crippen molar-refractivity contribution >= 4 is 17.6 Å². The van der Waals surface area contributed by atoms with E-state index in [1.165, 1.54) is 11.8 Å². The molecule has 2 rings (SSSR count). The quantitative estimate of drug-likeness (QED) is 0.640. The maximum absolute atomic E-state index is 5.68. The van der Waals surface area contributed by atoms with Crippen LogP contribution in [-0.4, -0.2) is 19.9 Å². The van der Waals surface area contributed by atoms with Crippen LogP contribution in [0.1, 0.15) is 12.7 Å². The minimum absolute atomic E-state index is 0.477. The van der Waals surface area contributed by atoms with E-state index < -0.39 is 0 Å². The molecule has 0 aliphatic carbocycles. The highest BCUT2D eigenvalue weighted by Gasteiger charge is 2.04. The van der Waals surface area contributed by atoms with Crippen LogP contribution < -0.4 is 5.73 Å². The molecule has 16 heavy (non-hydrogen) atoms. The molecule has 0 bridgehead atoms. The van der Waals surface area contributed by atoms with E-state index in [4.69, 9.17) is 5.73 Å². The Labute approximate surface area is 97.6 Å². The van der Waals surface area contributed by atoms with Crippen molar-refractivity contribution in [3.8, 4) is 0 Å².